The van der Waals surface area contributed by atoms with Gasteiger partial charge >= 0.3 is 0 Å². The van der Waals surface area contributed by atoms with Crippen LogP contribution in [0.3, 0.4) is 0 Å². The van der Waals surface area contributed by atoms with Crippen molar-refractivity contribution in [1.82, 2.24) is 9.55 Å². The number of hydrogen-bond acceptors (Lipinski definition) is 4. The van der Waals surface area contributed by atoms with Gasteiger partial charge in [0.15, 0.2) is 5.16 Å². The quantitative estimate of drug-likeness (QED) is 0.591. The highest BCUT2D eigenvalue weighted by molar-refractivity contribution is 8.00. The smallest absolute Gasteiger partial charge is 0.248 e. The fraction of sp³-hybridized carbons (Fsp3) is 0.261. The number of imidazole rings is 1. The number of aromatic nitrogens is 2. The normalized spacial score (nSPS) is 14.0. The third-order valence-corrected chi connectivity index (χ3v) is 6.26. The maximum atomic E-state index is 12.8. The zero-order valence-electron chi connectivity index (χ0n) is 16.8. The van der Waals surface area contributed by atoms with Crippen molar-refractivity contribution in [2.75, 3.05) is 5.32 Å². The zero-order valence-corrected chi connectivity index (χ0v) is 17.6. The number of carbonyl (C=O) groups is 2. The number of anilines is 1. The van der Waals surface area contributed by atoms with Crippen LogP contribution in [0.5, 0.6) is 0 Å². The monoisotopic (exact) mass is 420 g/mol. The van der Waals surface area contributed by atoms with Crippen LogP contribution in [0, 0.1) is 0 Å². The van der Waals surface area contributed by atoms with Crippen molar-refractivity contribution < 1.29 is 9.59 Å². The number of nitrogens with zero attached hydrogens (tertiary/aromatic N) is 2. The van der Waals surface area contributed by atoms with Crippen LogP contribution in [-0.4, -0.2) is 26.6 Å². The molecule has 2 amide bonds. The molecule has 0 fully saturated rings. The van der Waals surface area contributed by atoms with Crippen LogP contribution in [0.2, 0.25) is 0 Å². The van der Waals surface area contributed by atoms with Crippen LogP contribution in [0.1, 0.15) is 41.5 Å². The first-order valence-electron chi connectivity index (χ1n) is 10.1. The second-order valence-electron chi connectivity index (χ2n) is 7.36. The minimum atomic E-state index is -0.492. The largest absolute Gasteiger partial charge is 0.366 e. The fourth-order valence-corrected chi connectivity index (χ4v) is 4.58. The Morgan fingerprint density at radius 3 is 2.47 bits per heavy atom. The molecule has 1 aromatic heterocycles. The molecule has 7 heteroatoms. The molecule has 1 aliphatic rings. The Bertz CT molecular complexity index is 1060. The lowest BCUT2D eigenvalue weighted by Gasteiger charge is -2.16. The molecule has 3 N–H and O–H groups in total. The van der Waals surface area contributed by atoms with E-state index in [9.17, 15) is 9.59 Å². The summed E-state index contributed by atoms with van der Waals surface area (Å²) in [4.78, 5) is 28.8. The number of rotatable bonds is 6. The molecule has 6 nitrogen and oxygen atoms in total. The summed E-state index contributed by atoms with van der Waals surface area (Å²) in [5, 5.41) is 3.41. The van der Waals surface area contributed by atoms with Gasteiger partial charge in [-0.15, -0.1) is 0 Å². The Balaban J connectivity index is 1.54. The number of benzene rings is 2. The summed E-state index contributed by atoms with van der Waals surface area (Å²) in [5.41, 5.74) is 9.77. The molecule has 0 radical (unpaired) electrons. The molecular formula is C23H24N4O2S. The number of primary amides is 1. The van der Waals surface area contributed by atoms with Gasteiger partial charge in [-0.25, -0.2) is 4.98 Å². The summed E-state index contributed by atoms with van der Waals surface area (Å²) in [6.45, 7) is 1.88. The molecule has 0 spiro atoms. The first kappa shape index (κ1) is 20.2. The zero-order chi connectivity index (χ0) is 21.1. The molecule has 30 heavy (non-hydrogen) atoms. The van der Waals surface area contributed by atoms with Crippen molar-refractivity contribution in [3.8, 4) is 5.69 Å². The lowest BCUT2D eigenvalue weighted by atomic mass is 10.0. The topological polar surface area (TPSA) is 90.0 Å². The van der Waals surface area contributed by atoms with Crippen LogP contribution >= 0.6 is 11.8 Å². The molecule has 0 saturated carbocycles. The number of aryl methyl sites for hydroxylation is 1. The van der Waals surface area contributed by atoms with E-state index in [1.54, 1.807) is 24.3 Å². The molecule has 3 aromatic rings. The number of carbonyl (C=O) groups excluding carboxylic acids is 2. The van der Waals surface area contributed by atoms with Gasteiger partial charge in [0, 0.05) is 22.6 Å². The summed E-state index contributed by atoms with van der Waals surface area (Å²) in [6.07, 6.45) is 4.30. The highest BCUT2D eigenvalue weighted by atomic mass is 32.2. The van der Waals surface area contributed by atoms with Crippen LogP contribution < -0.4 is 11.1 Å². The molecule has 1 aliphatic carbocycles. The summed E-state index contributed by atoms with van der Waals surface area (Å²) in [5.74, 6) is -0.610. The van der Waals surface area contributed by atoms with Gasteiger partial charge < -0.3 is 11.1 Å². The second kappa shape index (κ2) is 8.75. The molecule has 4 rings (SSSR count). The first-order valence-corrected chi connectivity index (χ1v) is 10.9. The number of hydrogen-bond donors (Lipinski definition) is 2. The minimum Gasteiger partial charge on any atom is -0.366 e. The van der Waals surface area contributed by atoms with Gasteiger partial charge in [-0.1, -0.05) is 30.0 Å². The third kappa shape index (κ3) is 4.26. The Hall–Kier alpha value is -3.06. The van der Waals surface area contributed by atoms with Crippen molar-refractivity contribution in [2.45, 2.75) is 43.0 Å². The lowest BCUT2D eigenvalue weighted by Crippen LogP contribution is -2.23. The van der Waals surface area contributed by atoms with Crippen molar-refractivity contribution >= 4 is 29.3 Å². The Labute approximate surface area is 179 Å². The molecule has 0 bridgehead atoms. The van der Waals surface area contributed by atoms with E-state index < -0.39 is 5.91 Å². The molecule has 1 heterocycles. The number of nitrogens with one attached hydrogen (secondary N) is 1. The van der Waals surface area contributed by atoms with Gasteiger partial charge in [0.05, 0.1) is 10.9 Å². The van der Waals surface area contributed by atoms with E-state index in [-0.39, 0.29) is 11.2 Å². The predicted octanol–water partition coefficient (Wildman–Crippen LogP) is 3.97. The van der Waals surface area contributed by atoms with Crippen LogP contribution in [-0.2, 0) is 17.6 Å². The van der Waals surface area contributed by atoms with E-state index in [2.05, 4.69) is 22.0 Å². The molecule has 1 atom stereocenters. The van der Waals surface area contributed by atoms with Crippen molar-refractivity contribution in [3.63, 3.8) is 0 Å². The van der Waals surface area contributed by atoms with E-state index in [4.69, 9.17) is 10.7 Å². The van der Waals surface area contributed by atoms with E-state index in [0.29, 0.717) is 11.3 Å². The van der Waals surface area contributed by atoms with Gasteiger partial charge in [-0.05, 0) is 69.0 Å². The van der Waals surface area contributed by atoms with E-state index in [1.807, 2.05) is 25.1 Å². The number of nitrogens with two attached hydrogens (primary N) is 1. The summed E-state index contributed by atoms with van der Waals surface area (Å²) in [7, 11) is 0. The van der Waals surface area contributed by atoms with Crippen molar-refractivity contribution in [2.24, 2.45) is 5.73 Å². The van der Waals surface area contributed by atoms with Gasteiger partial charge in [0.25, 0.3) is 0 Å². The second-order valence-corrected chi connectivity index (χ2v) is 8.66. The fourth-order valence-electron chi connectivity index (χ4n) is 3.61. The SMILES string of the molecule is C[C@@H](Sc1nc2c(n1-c1ccccc1)CCCC2)C(=O)Nc1ccc(C(N)=O)cc1. The Morgan fingerprint density at radius 1 is 1.07 bits per heavy atom. The summed E-state index contributed by atoms with van der Waals surface area (Å²) in [6, 6.07) is 16.8. The lowest BCUT2D eigenvalue weighted by molar-refractivity contribution is -0.115. The first-order chi connectivity index (χ1) is 14.5. The number of thioether (sulfide) groups is 1. The predicted molar refractivity (Wildman–Crippen MR) is 119 cm³/mol. The van der Waals surface area contributed by atoms with Crippen molar-refractivity contribution in [3.05, 3.63) is 71.5 Å². The number of para-hydroxylation sites is 1. The van der Waals surface area contributed by atoms with E-state index in [1.165, 1.54) is 17.5 Å². The molecule has 0 unspecified atom stereocenters. The standard InChI is InChI=1S/C23H24N4O2S/c1-15(22(29)25-17-13-11-16(12-14-17)21(24)28)30-23-26-19-9-5-6-10-20(19)27(23)18-7-3-2-4-8-18/h2-4,7-8,11-15H,5-6,9-10H2,1H3,(H2,24,28)(H,25,29)/t15-/m1/s1. The molecular weight excluding hydrogens is 396 g/mol. The van der Waals surface area contributed by atoms with Crippen LogP contribution in [0.4, 0.5) is 5.69 Å². The Morgan fingerprint density at radius 2 is 1.77 bits per heavy atom. The highest BCUT2D eigenvalue weighted by Crippen LogP contribution is 2.32. The average Bonchev–Trinajstić information content (AvgIpc) is 3.12. The Kier molecular flexibility index (Phi) is 5.90. The molecule has 0 saturated heterocycles. The van der Waals surface area contributed by atoms with Crippen LogP contribution in [0.25, 0.3) is 5.69 Å². The summed E-state index contributed by atoms with van der Waals surface area (Å²) >= 11 is 1.46. The van der Waals surface area contributed by atoms with Gasteiger partial charge in [-0.3, -0.25) is 14.2 Å². The summed E-state index contributed by atoms with van der Waals surface area (Å²) < 4.78 is 2.20. The van der Waals surface area contributed by atoms with Gasteiger partial charge in [-0.2, -0.15) is 0 Å². The molecule has 0 aliphatic heterocycles. The van der Waals surface area contributed by atoms with Crippen molar-refractivity contribution in [1.29, 1.82) is 0 Å². The maximum absolute atomic E-state index is 12.8. The average molecular weight is 421 g/mol. The highest BCUT2D eigenvalue weighted by Gasteiger charge is 2.24. The number of amides is 2. The maximum Gasteiger partial charge on any atom is 0.248 e. The van der Waals surface area contributed by atoms with Gasteiger partial charge in [0.1, 0.15) is 0 Å². The minimum absolute atomic E-state index is 0.118. The molecule has 2 aromatic carbocycles. The third-order valence-electron chi connectivity index (χ3n) is 5.20. The van der Waals surface area contributed by atoms with E-state index in [0.717, 1.165) is 42.2 Å². The van der Waals surface area contributed by atoms with E-state index >= 15 is 0 Å². The molecule has 154 valence electrons. The van der Waals surface area contributed by atoms with Gasteiger partial charge in [0.2, 0.25) is 11.8 Å². The van der Waals surface area contributed by atoms with Crippen LogP contribution in [0.15, 0.2) is 59.8 Å². The number of fused-ring (bicyclic) bond motifs is 1.